The minimum Gasteiger partial charge on any atom is -0.444 e. The van der Waals surface area contributed by atoms with E-state index in [1.807, 2.05) is 40.0 Å². The van der Waals surface area contributed by atoms with Gasteiger partial charge >= 0.3 is 6.09 Å². The van der Waals surface area contributed by atoms with Gasteiger partial charge in [-0.15, -0.1) is 0 Å². The molecule has 1 aliphatic heterocycles. The fraction of sp³-hybridized carbons (Fsp3) is 0.562. The highest BCUT2D eigenvalue weighted by Crippen LogP contribution is 2.22. The fourth-order valence-corrected chi connectivity index (χ4v) is 3.13. The van der Waals surface area contributed by atoms with Crippen molar-refractivity contribution < 1.29 is 9.53 Å². The SMILES string of the molecule is C[C@@H]1CN(c2ccn3ncc(Br)c3n2)CCN1C(=O)OC(C)(C)C. The molecule has 0 spiro atoms. The molecule has 8 heteroatoms. The number of hydrogen-bond donors (Lipinski definition) is 0. The normalized spacial score (nSPS) is 19.0. The van der Waals surface area contributed by atoms with Gasteiger partial charge in [0, 0.05) is 31.9 Å². The second-order valence-electron chi connectivity index (χ2n) is 7.02. The van der Waals surface area contributed by atoms with Gasteiger partial charge < -0.3 is 14.5 Å². The van der Waals surface area contributed by atoms with Gasteiger partial charge in [-0.25, -0.2) is 14.3 Å². The Bertz CT molecular complexity index is 754. The first kappa shape index (κ1) is 17.0. The number of hydrogen-bond acceptors (Lipinski definition) is 5. The molecule has 2 aromatic heterocycles. The first-order valence-electron chi connectivity index (χ1n) is 7.99. The van der Waals surface area contributed by atoms with Crippen LogP contribution >= 0.6 is 15.9 Å². The maximum atomic E-state index is 12.3. The predicted molar refractivity (Wildman–Crippen MR) is 95.3 cm³/mol. The fourth-order valence-electron chi connectivity index (χ4n) is 2.77. The van der Waals surface area contributed by atoms with Gasteiger partial charge in [0.25, 0.3) is 0 Å². The third kappa shape index (κ3) is 3.48. The van der Waals surface area contributed by atoms with Gasteiger partial charge in [-0.3, -0.25) is 0 Å². The molecule has 130 valence electrons. The average Bonchev–Trinajstić information content (AvgIpc) is 2.86. The van der Waals surface area contributed by atoms with Gasteiger partial charge in [0.2, 0.25) is 0 Å². The van der Waals surface area contributed by atoms with E-state index in [2.05, 4.69) is 30.9 Å². The summed E-state index contributed by atoms with van der Waals surface area (Å²) in [5, 5.41) is 4.21. The predicted octanol–water partition coefficient (Wildman–Crippen LogP) is 2.94. The number of anilines is 1. The summed E-state index contributed by atoms with van der Waals surface area (Å²) in [6.45, 7) is 9.73. The largest absolute Gasteiger partial charge is 0.444 e. The third-order valence-corrected chi connectivity index (χ3v) is 4.45. The van der Waals surface area contributed by atoms with Crippen LogP contribution in [0.5, 0.6) is 0 Å². The monoisotopic (exact) mass is 395 g/mol. The van der Waals surface area contributed by atoms with Gasteiger partial charge in [-0.05, 0) is 49.7 Å². The van der Waals surface area contributed by atoms with E-state index in [1.165, 1.54) is 0 Å². The number of carbonyl (C=O) groups excluding carboxylic acids is 1. The summed E-state index contributed by atoms with van der Waals surface area (Å²) in [5.74, 6) is 0.888. The van der Waals surface area contributed by atoms with E-state index in [4.69, 9.17) is 4.74 Å². The zero-order chi connectivity index (χ0) is 17.5. The van der Waals surface area contributed by atoms with E-state index in [-0.39, 0.29) is 12.1 Å². The Labute approximate surface area is 149 Å². The van der Waals surface area contributed by atoms with Crippen LogP contribution in [0.4, 0.5) is 10.6 Å². The van der Waals surface area contributed by atoms with Crippen LogP contribution in [0.3, 0.4) is 0 Å². The summed E-state index contributed by atoms with van der Waals surface area (Å²) < 4.78 is 8.08. The summed E-state index contributed by atoms with van der Waals surface area (Å²) >= 11 is 3.46. The highest BCUT2D eigenvalue weighted by molar-refractivity contribution is 9.10. The van der Waals surface area contributed by atoms with Gasteiger partial charge in [0.15, 0.2) is 5.65 Å². The molecule has 1 atom stereocenters. The van der Waals surface area contributed by atoms with E-state index >= 15 is 0 Å². The van der Waals surface area contributed by atoms with Gasteiger partial charge in [-0.2, -0.15) is 5.10 Å². The number of fused-ring (bicyclic) bond motifs is 1. The van der Waals surface area contributed by atoms with Crippen molar-refractivity contribution in [3.05, 3.63) is 22.9 Å². The topological polar surface area (TPSA) is 63.0 Å². The van der Waals surface area contributed by atoms with Gasteiger partial charge in [0.1, 0.15) is 11.4 Å². The summed E-state index contributed by atoms with van der Waals surface area (Å²) in [7, 11) is 0. The lowest BCUT2D eigenvalue weighted by atomic mass is 10.2. The number of rotatable bonds is 1. The molecule has 0 saturated carbocycles. The summed E-state index contributed by atoms with van der Waals surface area (Å²) in [5.41, 5.74) is 0.309. The molecule has 24 heavy (non-hydrogen) atoms. The Hall–Kier alpha value is -1.83. The molecule has 1 fully saturated rings. The molecule has 3 rings (SSSR count). The zero-order valence-corrected chi connectivity index (χ0v) is 15.9. The van der Waals surface area contributed by atoms with Crippen LogP contribution < -0.4 is 4.90 Å². The minimum absolute atomic E-state index is 0.0555. The summed E-state index contributed by atoms with van der Waals surface area (Å²) in [6, 6.07) is 2.00. The molecule has 0 bridgehead atoms. The van der Waals surface area contributed by atoms with Crippen molar-refractivity contribution >= 4 is 33.5 Å². The van der Waals surface area contributed by atoms with Crippen molar-refractivity contribution in [1.29, 1.82) is 0 Å². The van der Waals surface area contributed by atoms with Crippen molar-refractivity contribution in [3.63, 3.8) is 0 Å². The van der Waals surface area contributed by atoms with Crippen molar-refractivity contribution in [2.45, 2.75) is 39.3 Å². The molecule has 1 saturated heterocycles. The number of nitrogens with zero attached hydrogens (tertiary/aromatic N) is 5. The molecule has 1 amide bonds. The molecular weight excluding hydrogens is 374 g/mol. The average molecular weight is 396 g/mol. The molecule has 0 aliphatic carbocycles. The van der Waals surface area contributed by atoms with Crippen molar-refractivity contribution in [3.8, 4) is 0 Å². The van der Waals surface area contributed by atoms with E-state index < -0.39 is 5.60 Å². The second kappa shape index (κ2) is 6.23. The maximum Gasteiger partial charge on any atom is 0.410 e. The molecule has 7 nitrogen and oxygen atoms in total. The second-order valence-corrected chi connectivity index (χ2v) is 7.87. The molecule has 0 unspecified atom stereocenters. The number of ether oxygens (including phenoxy) is 1. The lowest BCUT2D eigenvalue weighted by Crippen LogP contribution is -2.55. The van der Waals surface area contributed by atoms with Crippen molar-refractivity contribution in [2.75, 3.05) is 24.5 Å². The highest BCUT2D eigenvalue weighted by atomic mass is 79.9. The van der Waals surface area contributed by atoms with Crippen LogP contribution in [0, 0.1) is 0 Å². The maximum absolute atomic E-state index is 12.3. The van der Waals surface area contributed by atoms with Crippen LogP contribution in [0.25, 0.3) is 5.65 Å². The first-order chi connectivity index (χ1) is 11.2. The lowest BCUT2D eigenvalue weighted by Gasteiger charge is -2.40. The summed E-state index contributed by atoms with van der Waals surface area (Å²) in [6.07, 6.45) is 3.37. The molecule has 0 N–H and O–H groups in total. The molecule has 0 radical (unpaired) electrons. The molecular formula is C16H22BrN5O2. The number of aromatic nitrogens is 3. The van der Waals surface area contributed by atoms with Gasteiger partial charge in [-0.1, -0.05) is 0 Å². The van der Waals surface area contributed by atoms with Crippen LogP contribution in [0.15, 0.2) is 22.9 Å². The Morgan fingerprint density at radius 2 is 2.12 bits per heavy atom. The Morgan fingerprint density at radius 3 is 2.79 bits per heavy atom. The summed E-state index contributed by atoms with van der Waals surface area (Å²) in [4.78, 5) is 20.9. The molecule has 1 aliphatic rings. The standard InChI is InChI=1S/C16H22BrN5O2/c1-11-10-20(7-8-21(11)15(23)24-16(2,3)4)13-5-6-22-14(19-13)12(17)9-18-22/h5-6,9,11H,7-8,10H2,1-4H3/t11-/m1/s1. The van der Waals surface area contributed by atoms with Crippen LogP contribution in [-0.2, 0) is 4.74 Å². The number of amides is 1. The van der Waals surface area contributed by atoms with E-state index in [0.717, 1.165) is 22.5 Å². The molecule has 3 heterocycles. The third-order valence-electron chi connectivity index (χ3n) is 3.89. The van der Waals surface area contributed by atoms with E-state index in [9.17, 15) is 4.79 Å². The minimum atomic E-state index is -0.477. The zero-order valence-electron chi connectivity index (χ0n) is 14.4. The smallest absolute Gasteiger partial charge is 0.410 e. The van der Waals surface area contributed by atoms with E-state index in [0.29, 0.717) is 13.1 Å². The number of carbonyl (C=O) groups is 1. The Morgan fingerprint density at radius 1 is 1.38 bits per heavy atom. The molecule has 2 aromatic rings. The number of halogens is 1. The number of piperazine rings is 1. The Balaban J connectivity index is 1.72. The van der Waals surface area contributed by atoms with Crippen LogP contribution in [-0.4, -0.2) is 56.9 Å². The quantitative estimate of drug-likeness (QED) is 0.742. The first-order valence-corrected chi connectivity index (χ1v) is 8.78. The van der Waals surface area contributed by atoms with Gasteiger partial charge in [0.05, 0.1) is 10.7 Å². The van der Waals surface area contributed by atoms with Crippen molar-refractivity contribution in [2.24, 2.45) is 0 Å². The lowest BCUT2D eigenvalue weighted by molar-refractivity contribution is 0.0158. The van der Waals surface area contributed by atoms with Crippen molar-refractivity contribution in [1.82, 2.24) is 19.5 Å². The Kier molecular flexibility index (Phi) is 4.42. The van der Waals surface area contributed by atoms with Crippen LogP contribution in [0.2, 0.25) is 0 Å². The highest BCUT2D eigenvalue weighted by Gasteiger charge is 2.31. The van der Waals surface area contributed by atoms with E-state index in [1.54, 1.807) is 15.6 Å². The van der Waals surface area contributed by atoms with Crippen LogP contribution in [0.1, 0.15) is 27.7 Å². The molecule has 0 aromatic carbocycles.